The van der Waals surface area contributed by atoms with Crippen LogP contribution in [-0.4, -0.2) is 41.0 Å². The third-order valence-corrected chi connectivity index (χ3v) is 4.10. The van der Waals surface area contributed by atoms with Crippen molar-refractivity contribution in [1.29, 1.82) is 0 Å². The number of nitrogens with zero attached hydrogens (tertiary/aromatic N) is 1. The van der Waals surface area contributed by atoms with Crippen LogP contribution in [-0.2, 0) is 9.59 Å². The van der Waals surface area contributed by atoms with Gasteiger partial charge in [0.05, 0.1) is 11.3 Å². The molecule has 1 amide bonds. The first-order valence-electron chi connectivity index (χ1n) is 6.60. The first-order chi connectivity index (χ1) is 8.32. The topological polar surface area (TPSA) is 83.6 Å². The molecular weight excluding hydrogens is 232 g/mol. The van der Waals surface area contributed by atoms with Crippen LogP contribution >= 0.6 is 0 Å². The van der Waals surface area contributed by atoms with Crippen molar-refractivity contribution in [3.8, 4) is 0 Å². The molecule has 104 valence electrons. The Kier molecular flexibility index (Phi) is 4.73. The second kappa shape index (κ2) is 5.69. The van der Waals surface area contributed by atoms with E-state index in [0.717, 1.165) is 19.3 Å². The molecule has 1 fully saturated rings. The van der Waals surface area contributed by atoms with E-state index < -0.39 is 17.3 Å². The second-order valence-corrected chi connectivity index (χ2v) is 5.50. The largest absolute Gasteiger partial charge is 0.481 e. The summed E-state index contributed by atoms with van der Waals surface area (Å²) in [5.74, 6) is -1.42. The van der Waals surface area contributed by atoms with Gasteiger partial charge in [0.25, 0.3) is 0 Å². The van der Waals surface area contributed by atoms with E-state index in [1.807, 2.05) is 13.8 Å². The summed E-state index contributed by atoms with van der Waals surface area (Å²) < 4.78 is 0. The summed E-state index contributed by atoms with van der Waals surface area (Å²) in [4.78, 5) is 25.0. The van der Waals surface area contributed by atoms with Gasteiger partial charge in [0.1, 0.15) is 0 Å². The summed E-state index contributed by atoms with van der Waals surface area (Å²) in [7, 11) is 0. The first-order valence-corrected chi connectivity index (χ1v) is 6.60. The summed E-state index contributed by atoms with van der Waals surface area (Å²) in [5.41, 5.74) is 5.51. The quantitative estimate of drug-likeness (QED) is 0.770. The molecule has 0 aliphatic heterocycles. The minimum Gasteiger partial charge on any atom is -0.481 e. The fraction of sp³-hybridized carbons (Fsp3) is 0.846. The molecule has 1 saturated carbocycles. The maximum absolute atomic E-state index is 12.5. The van der Waals surface area contributed by atoms with Gasteiger partial charge in [-0.05, 0) is 26.7 Å². The third kappa shape index (κ3) is 2.83. The van der Waals surface area contributed by atoms with Gasteiger partial charge >= 0.3 is 5.97 Å². The van der Waals surface area contributed by atoms with E-state index in [1.165, 1.54) is 0 Å². The fourth-order valence-corrected chi connectivity index (χ4v) is 2.58. The van der Waals surface area contributed by atoms with Crippen LogP contribution in [0, 0.1) is 11.3 Å². The van der Waals surface area contributed by atoms with E-state index in [2.05, 4.69) is 0 Å². The van der Waals surface area contributed by atoms with Crippen molar-refractivity contribution in [2.24, 2.45) is 17.1 Å². The summed E-state index contributed by atoms with van der Waals surface area (Å²) in [6.45, 7) is 6.18. The van der Waals surface area contributed by atoms with Crippen LogP contribution in [0.25, 0.3) is 0 Å². The predicted molar refractivity (Wildman–Crippen MR) is 69.0 cm³/mol. The molecule has 0 aromatic heterocycles. The minimum absolute atomic E-state index is 0.00287. The highest BCUT2D eigenvalue weighted by molar-refractivity contribution is 5.84. The van der Waals surface area contributed by atoms with Gasteiger partial charge in [-0.1, -0.05) is 13.3 Å². The zero-order valence-corrected chi connectivity index (χ0v) is 11.5. The Hall–Kier alpha value is -1.10. The number of hydrogen-bond acceptors (Lipinski definition) is 3. The van der Waals surface area contributed by atoms with E-state index in [-0.39, 0.29) is 18.5 Å². The minimum atomic E-state index is -0.873. The maximum Gasteiger partial charge on any atom is 0.308 e. The lowest BCUT2D eigenvalue weighted by Crippen LogP contribution is -2.50. The van der Waals surface area contributed by atoms with Crippen LogP contribution in [0.3, 0.4) is 0 Å². The predicted octanol–water partition coefficient (Wildman–Crippen LogP) is 1.07. The van der Waals surface area contributed by atoms with E-state index in [9.17, 15) is 9.59 Å². The van der Waals surface area contributed by atoms with E-state index in [1.54, 1.807) is 11.8 Å². The Morgan fingerprint density at radius 1 is 1.56 bits per heavy atom. The third-order valence-electron chi connectivity index (χ3n) is 4.10. The van der Waals surface area contributed by atoms with Crippen LogP contribution in [0.15, 0.2) is 0 Å². The first kappa shape index (κ1) is 15.0. The molecular formula is C13H24N2O3. The van der Waals surface area contributed by atoms with Crippen molar-refractivity contribution in [2.75, 3.05) is 13.1 Å². The van der Waals surface area contributed by atoms with Gasteiger partial charge in [0, 0.05) is 19.1 Å². The van der Waals surface area contributed by atoms with Crippen molar-refractivity contribution < 1.29 is 14.7 Å². The average Bonchev–Trinajstić information content (AvgIpc) is 2.66. The van der Waals surface area contributed by atoms with Crippen LogP contribution < -0.4 is 5.73 Å². The Morgan fingerprint density at radius 2 is 2.17 bits per heavy atom. The van der Waals surface area contributed by atoms with Gasteiger partial charge in [-0.25, -0.2) is 0 Å². The molecule has 3 atom stereocenters. The molecule has 0 aromatic carbocycles. The van der Waals surface area contributed by atoms with E-state index in [0.29, 0.717) is 6.54 Å². The monoisotopic (exact) mass is 256 g/mol. The van der Waals surface area contributed by atoms with Gasteiger partial charge in [0.2, 0.25) is 5.91 Å². The molecule has 0 aromatic rings. The lowest BCUT2D eigenvalue weighted by Gasteiger charge is -2.34. The van der Waals surface area contributed by atoms with Gasteiger partial charge in [0.15, 0.2) is 0 Å². The van der Waals surface area contributed by atoms with Crippen LogP contribution in [0.4, 0.5) is 0 Å². The Balaban J connectivity index is 2.76. The van der Waals surface area contributed by atoms with Gasteiger partial charge in [-0.15, -0.1) is 0 Å². The van der Waals surface area contributed by atoms with Crippen molar-refractivity contribution in [3.05, 3.63) is 0 Å². The van der Waals surface area contributed by atoms with Crippen molar-refractivity contribution >= 4 is 11.9 Å². The molecule has 0 radical (unpaired) electrons. The molecule has 1 rings (SSSR count). The van der Waals surface area contributed by atoms with E-state index in [4.69, 9.17) is 10.8 Å². The molecule has 0 bridgehead atoms. The lowest BCUT2D eigenvalue weighted by atomic mass is 9.83. The zero-order chi connectivity index (χ0) is 13.9. The summed E-state index contributed by atoms with van der Waals surface area (Å²) in [5, 5.41) is 8.93. The number of carbonyl (C=O) groups excluding carboxylic acids is 1. The Morgan fingerprint density at radius 3 is 2.56 bits per heavy atom. The van der Waals surface area contributed by atoms with Crippen molar-refractivity contribution in [1.82, 2.24) is 4.90 Å². The Labute approximate surface area is 108 Å². The zero-order valence-electron chi connectivity index (χ0n) is 11.5. The summed E-state index contributed by atoms with van der Waals surface area (Å²) in [6.07, 6.45) is 2.63. The van der Waals surface area contributed by atoms with Crippen LogP contribution in [0.2, 0.25) is 0 Å². The van der Waals surface area contributed by atoms with Crippen LogP contribution in [0.5, 0.6) is 0 Å². The highest BCUT2D eigenvalue weighted by atomic mass is 16.4. The number of hydrogen-bond donors (Lipinski definition) is 2. The van der Waals surface area contributed by atoms with Crippen molar-refractivity contribution in [2.45, 2.75) is 46.1 Å². The molecule has 3 N–H and O–H groups in total. The summed E-state index contributed by atoms with van der Waals surface area (Å²) >= 11 is 0. The SMILES string of the molecule is CCN(CC(C)C(=O)O)C(=O)C1(C)CCCC1N. The molecule has 3 unspecified atom stereocenters. The van der Waals surface area contributed by atoms with Gasteiger partial charge in [-0.3, -0.25) is 9.59 Å². The number of aliphatic carboxylic acids is 1. The normalized spacial score (nSPS) is 29.0. The van der Waals surface area contributed by atoms with Gasteiger partial charge in [-0.2, -0.15) is 0 Å². The van der Waals surface area contributed by atoms with Crippen LogP contribution in [0.1, 0.15) is 40.0 Å². The number of nitrogens with two attached hydrogens (primary N) is 1. The molecule has 5 nitrogen and oxygen atoms in total. The van der Waals surface area contributed by atoms with E-state index >= 15 is 0 Å². The second-order valence-electron chi connectivity index (χ2n) is 5.50. The molecule has 18 heavy (non-hydrogen) atoms. The highest BCUT2D eigenvalue weighted by Gasteiger charge is 2.45. The molecule has 0 saturated heterocycles. The molecule has 0 spiro atoms. The number of carboxylic acids is 1. The lowest BCUT2D eigenvalue weighted by molar-refractivity contribution is -0.146. The maximum atomic E-state index is 12.5. The molecule has 0 heterocycles. The summed E-state index contributed by atoms with van der Waals surface area (Å²) in [6, 6.07) is -0.112. The fourth-order valence-electron chi connectivity index (χ4n) is 2.58. The smallest absolute Gasteiger partial charge is 0.308 e. The highest BCUT2D eigenvalue weighted by Crippen LogP contribution is 2.38. The Bertz CT molecular complexity index is 332. The molecule has 5 heteroatoms. The van der Waals surface area contributed by atoms with Crippen molar-refractivity contribution in [3.63, 3.8) is 0 Å². The number of carbonyl (C=O) groups is 2. The number of amides is 1. The number of rotatable bonds is 5. The standard InChI is InChI=1S/C13H24N2O3/c1-4-15(8-9(2)11(16)17)12(18)13(3)7-5-6-10(13)14/h9-10H,4-8,14H2,1-3H3,(H,16,17). The molecule has 1 aliphatic rings. The molecule has 1 aliphatic carbocycles. The average molecular weight is 256 g/mol. The number of carboxylic acid groups (broad SMARTS) is 1. The van der Waals surface area contributed by atoms with Gasteiger partial charge < -0.3 is 15.7 Å².